The number of nitrogens with one attached hydrogen (secondary N) is 1. The minimum atomic E-state index is -0.492. The minimum absolute atomic E-state index is 0.00556. The van der Waals surface area contributed by atoms with Gasteiger partial charge in [-0.3, -0.25) is 9.78 Å². The number of benzene rings is 1. The molecule has 5 rings (SSSR count). The van der Waals surface area contributed by atoms with E-state index in [-0.39, 0.29) is 23.5 Å². The maximum atomic E-state index is 13.0. The van der Waals surface area contributed by atoms with Crippen LogP contribution in [0.2, 0.25) is 0 Å². The summed E-state index contributed by atoms with van der Waals surface area (Å²) in [6, 6.07) is 10.8. The van der Waals surface area contributed by atoms with Gasteiger partial charge in [0.2, 0.25) is 5.91 Å². The Morgan fingerprint density at radius 3 is 2.58 bits per heavy atom. The highest BCUT2D eigenvalue weighted by atomic mass is 16.3. The van der Waals surface area contributed by atoms with Gasteiger partial charge in [0, 0.05) is 44.3 Å². The molecule has 2 aliphatic heterocycles. The van der Waals surface area contributed by atoms with Crippen molar-refractivity contribution < 1.29 is 14.7 Å². The summed E-state index contributed by atoms with van der Waals surface area (Å²) in [4.78, 5) is 35.9. The van der Waals surface area contributed by atoms with Crippen LogP contribution < -0.4 is 5.32 Å². The zero-order chi connectivity index (χ0) is 25.1. The average Bonchev–Trinajstić information content (AvgIpc) is 3.68. The summed E-state index contributed by atoms with van der Waals surface area (Å²) in [7, 11) is 0. The number of hydrogen-bond acceptors (Lipinski definition) is 5. The van der Waals surface area contributed by atoms with Crippen molar-refractivity contribution in [3.8, 4) is 11.1 Å². The van der Waals surface area contributed by atoms with Crippen molar-refractivity contribution >= 4 is 17.6 Å². The molecule has 1 aromatic heterocycles. The maximum Gasteiger partial charge on any atom is 0.322 e. The van der Waals surface area contributed by atoms with Crippen LogP contribution in [0, 0.1) is 5.41 Å². The largest absolute Gasteiger partial charge is 0.391 e. The number of carbonyl (C=O) groups is 2. The van der Waals surface area contributed by atoms with E-state index < -0.39 is 6.04 Å². The van der Waals surface area contributed by atoms with Gasteiger partial charge in [0.1, 0.15) is 6.04 Å². The molecule has 2 N–H and O–H groups in total. The Morgan fingerprint density at radius 1 is 1.06 bits per heavy atom. The molecule has 1 saturated carbocycles. The lowest BCUT2D eigenvalue weighted by molar-refractivity contribution is -0.139. The van der Waals surface area contributed by atoms with E-state index in [0.717, 1.165) is 50.0 Å². The van der Waals surface area contributed by atoms with E-state index in [1.54, 1.807) is 17.3 Å². The number of rotatable bonds is 7. The van der Waals surface area contributed by atoms with Crippen molar-refractivity contribution in [3.63, 3.8) is 0 Å². The quantitative estimate of drug-likeness (QED) is 0.580. The number of anilines is 1. The number of carbonyl (C=O) groups excluding carboxylic acids is 2. The van der Waals surface area contributed by atoms with E-state index in [0.29, 0.717) is 25.3 Å². The van der Waals surface area contributed by atoms with Crippen molar-refractivity contribution in [2.75, 3.05) is 44.6 Å². The molecule has 1 aromatic carbocycles. The van der Waals surface area contributed by atoms with E-state index in [9.17, 15) is 14.7 Å². The predicted octanol–water partition coefficient (Wildman–Crippen LogP) is 3.44. The molecular weight excluding hydrogens is 454 g/mol. The number of nitrogens with zero attached hydrogens (tertiary/aromatic N) is 4. The molecule has 2 aromatic rings. The van der Waals surface area contributed by atoms with Crippen LogP contribution in [0.15, 0.2) is 48.8 Å². The zero-order valence-electron chi connectivity index (χ0n) is 21.1. The Bertz CT molecular complexity index is 1070. The number of aromatic nitrogens is 1. The van der Waals surface area contributed by atoms with Crippen molar-refractivity contribution in [1.82, 2.24) is 19.7 Å². The molecule has 3 heterocycles. The lowest BCUT2D eigenvalue weighted by Gasteiger charge is -2.39. The number of β-amino-alcohol motifs (C(OH)–C–C–N with tert-alkyl or cyclic N) is 1. The van der Waals surface area contributed by atoms with Gasteiger partial charge < -0.3 is 25.1 Å². The van der Waals surface area contributed by atoms with E-state index in [2.05, 4.69) is 15.2 Å². The predicted molar refractivity (Wildman–Crippen MR) is 139 cm³/mol. The van der Waals surface area contributed by atoms with Gasteiger partial charge in [-0.25, -0.2) is 4.79 Å². The monoisotopic (exact) mass is 491 g/mol. The summed E-state index contributed by atoms with van der Waals surface area (Å²) in [5.74, 6) is 0.00556. The molecule has 2 unspecified atom stereocenters. The fourth-order valence-electron chi connectivity index (χ4n) is 5.61. The van der Waals surface area contributed by atoms with Crippen LogP contribution in [0.5, 0.6) is 0 Å². The summed E-state index contributed by atoms with van der Waals surface area (Å²) in [5.41, 5.74) is 2.97. The fraction of sp³-hybridized carbons (Fsp3) is 0.536. The first kappa shape index (κ1) is 24.7. The summed E-state index contributed by atoms with van der Waals surface area (Å²) < 4.78 is 0. The highest BCUT2D eigenvalue weighted by Crippen LogP contribution is 2.53. The number of piperidine rings is 1. The Morgan fingerprint density at radius 2 is 1.83 bits per heavy atom. The summed E-state index contributed by atoms with van der Waals surface area (Å²) in [6.07, 6.45) is 8.74. The topological polar surface area (TPSA) is 89.0 Å². The van der Waals surface area contributed by atoms with Gasteiger partial charge >= 0.3 is 6.03 Å². The molecule has 1 aliphatic carbocycles. The van der Waals surface area contributed by atoms with Gasteiger partial charge in [-0.05, 0) is 92.9 Å². The minimum Gasteiger partial charge on any atom is -0.391 e. The number of unbranched alkanes of at least 4 members (excludes halogenated alkanes) is 1. The van der Waals surface area contributed by atoms with Gasteiger partial charge in [-0.15, -0.1) is 0 Å². The normalized spacial score (nSPS) is 23.7. The van der Waals surface area contributed by atoms with Crippen LogP contribution in [-0.2, 0) is 4.79 Å². The summed E-state index contributed by atoms with van der Waals surface area (Å²) in [5, 5.41) is 13.4. The van der Waals surface area contributed by atoms with E-state index in [4.69, 9.17) is 0 Å². The SMILES string of the molecule is CC1C(=O)N(CCCCN2CCC3(CC3)C(O)C2)CCN1C(=O)Nc1cccc(-c2ccncc2)c1. The Labute approximate surface area is 213 Å². The molecular formula is C28H37N5O3. The average molecular weight is 492 g/mol. The van der Waals surface area contributed by atoms with Crippen LogP contribution in [0.25, 0.3) is 11.1 Å². The molecule has 0 radical (unpaired) electrons. The second-order valence-electron chi connectivity index (χ2n) is 10.6. The smallest absolute Gasteiger partial charge is 0.322 e. The van der Waals surface area contributed by atoms with Crippen molar-refractivity contribution in [2.45, 2.75) is 51.2 Å². The Hall–Kier alpha value is -2.97. The number of hydrogen-bond donors (Lipinski definition) is 2. The number of aliphatic hydroxyl groups excluding tert-OH is 1. The molecule has 3 amide bonds. The Balaban J connectivity index is 1.07. The van der Waals surface area contributed by atoms with Crippen LogP contribution in [0.4, 0.5) is 10.5 Å². The van der Waals surface area contributed by atoms with E-state index in [1.165, 1.54) is 12.8 Å². The third-order valence-corrected chi connectivity index (χ3v) is 8.24. The number of piperazine rings is 1. The molecule has 3 aliphatic rings. The van der Waals surface area contributed by atoms with Crippen LogP contribution in [-0.4, -0.2) is 88.1 Å². The first-order valence-corrected chi connectivity index (χ1v) is 13.2. The number of aliphatic hydroxyl groups is 1. The van der Waals surface area contributed by atoms with Crippen molar-refractivity contribution in [2.24, 2.45) is 5.41 Å². The standard InChI is InChI=1S/C28H37N5O3/c1-21-26(35)32(15-3-2-14-31-16-11-28(9-10-28)25(34)20-31)17-18-33(21)27(36)30-24-6-4-5-23(19-24)22-7-12-29-13-8-22/h4-8,12-13,19,21,25,34H,2-3,9-11,14-18,20H2,1H3,(H,30,36). The summed E-state index contributed by atoms with van der Waals surface area (Å²) >= 11 is 0. The molecule has 1 spiro atoms. The number of amides is 3. The molecule has 36 heavy (non-hydrogen) atoms. The molecule has 0 bridgehead atoms. The first-order chi connectivity index (χ1) is 17.4. The van der Waals surface area contributed by atoms with Gasteiger partial charge in [0.05, 0.1) is 6.10 Å². The number of urea groups is 1. The van der Waals surface area contributed by atoms with Crippen molar-refractivity contribution in [1.29, 1.82) is 0 Å². The third kappa shape index (κ3) is 5.39. The van der Waals surface area contributed by atoms with Gasteiger partial charge in [0.25, 0.3) is 0 Å². The molecule has 8 nitrogen and oxygen atoms in total. The third-order valence-electron chi connectivity index (χ3n) is 8.24. The molecule has 3 fully saturated rings. The van der Waals surface area contributed by atoms with E-state index >= 15 is 0 Å². The first-order valence-electron chi connectivity index (χ1n) is 13.2. The van der Waals surface area contributed by atoms with E-state index in [1.807, 2.05) is 48.2 Å². The van der Waals surface area contributed by atoms with Crippen LogP contribution >= 0.6 is 0 Å². The highest BCUT2D eigenvalue weighted by Gasteiger charge is 2.51. The summed E-state index contributed by atoms with van der Waals surface area (Å²) in [6.45, 7) is 6.43. The zero-order valence-corrected chi connectivity index (χ0v) is 21.1. The molecule has 2 atom stereocenters. The second-order valence-corrected chi connectivity index (χ2v) is 10.6. The maximum absolute atomic E-state index is 13.0. The molecule has 8 heteroatoms. The van der Waals surface area contributed by atoms with Crippen LogP contribution in [0.3, 0.4) is 0 Å². The second kappa shape index (κ2) is 10.6. The van der Waals surface area contributed by atoms with Crippen LogP contribution in [0.1, 0.15) is 39.0 Å². The molecule has 2 saturated heterocycles. The highest BCUT2D eigenvalue weighted by molar-refractivity contribution is 5.94. The van der Waals surface area contributed by atoms with Gasteiger partial charge in [0.15, 0.2) is 0 Å². The lowest BCUT2D eigenvalue weighted by atomic mass is 9.90. The number of pyridine rings is 1. The van der Waals surface area contributed by atoms with Crippen molar-refractivity contribution in [3.05, 3.63) is 48.8 Å². The lowest BCUT2D eigenvalue weighted by Crippen LogP contribution is -2.58. The fourth-order valence-corrected chi connectivity index (χ4v) is 5.61. The number of likely N-dealkylation sites (tertiary alicyclic amines) is 1. The molecule has 192 valence electrons. The van der Waals surface area contributed by atoms with Gasteiger partial charge in [-0.1, -0.05) is 12.1 Å². The van der Waals surface area contributed by atoms with Gasteiger partial charge in [-0.2, -0.15) is 0 Å². The Kier molecular flexibility index (Phi) is 7.25.